The topological polar surface area (TPSA) is 55.4 Å². The Labute approximate surface area is 129 Å². The third-order valence-electron chi connectivity index (χ3n) is 3.41. The Bertz CT molecular complexity index is 290. The van der Waals surface area contributed by atoms with Crippen molar-refractivity contribution in [3.05, 3.63) is 12.8 Å². The Morgan fingerprint density at radius 1 is 0.905 bits per heavy atom. The first kappa shape index (κ1) is 19.7. The van der Waals surface area contributed by atoms with E-state index in [1.54, 1.807) is 0 Å². The van der Waals surface area contributed by atoms with Gasteiger partial charge in [-0.05, 0) is 12.6 Å². The quantitative estimate of drug-likeness (QED) is 0.293. The summed E-state index contributed by atoms with van der Waals surface area (Å²) in [6.45, 7) is 5.55. The van der Waals surface area contributed by atoms with E-state index in [1.807, 2.05) is 0 Å². The van der Waals surface area contributed by atoms with Gasteiger partial charge in [-0.3, -0.25) is 10.1 Å². The molecule has 0 fully saturated rings. The maximum Gasteiger partial charge on any atom is 0.418 e. The van der Waals surface area contributed by atoms with Crippen LogP contribution in [0.5, 0.6) is 0 Å². The standard InChI is InChI=1S/C17H31NO3/c1-3-5-6-7-8-9-10-11-12-13-14-15-16(19)21-17(20)18-4-2/h4H,2-3,5-15H2,1H3,(H,18,20). The average Bonchev–Trinajstić information content (AvgIpc) is 2.45. The van der Waals surface area contributed by atoms with Crippen LogP contribution in [0.4, 0.5) is 4.79 Å². The van der Waals surface area contributed by atoms with Crippen molar-refractivity contribution < 1.29 is 14.3 Å². The molecule has 1 amide bonds. The Balaban J connectivity index is 3.23. The van der Waals surface area contributed by atoms with Crippen LogP contribution in [-0.2, 0) is 9.53 Å². The number of carbonyl (C=O) groups excluding carboxylic acids is 2. The van der Waals surface area contributed by atoms with Crippen molar-refractivity contribution in [2.24, 2.45) is 0 Å². The van der Waals surface area contributed by atoms with Gasteiger partial charge in [-0.1, -0.05) is 77.7 Å². The van der Waals surface area contributed by atoms with Gasteiger partial charge in [0.15, 0.2) is 0 Å². The number of rotatable bonds is 13. The third-order valence-corrected chi connectivity index (χ3v) is 3.41. The van der Waals surface area contributed by atoms with Crippen molar-refractivity contribution in [1.29, 1.82) is 0 Å². The molecular formula is C17H31NO3. The van der Waals surface area contributed by atoms with Crippen LogP contribution in [0.3, 0.4) is 0 Å². The van der Waals surface area contributed by atoms with Gasteiger partial charge in [-0.15, -0.1) is 0 Å². The summed E-state index contributed by atoms with van der Waals surface area (Å²) in [5, 5.41) is 2.20. The van der Waals surface area contributed by atoms with E-state index in [2.05, 4.69) is 23.6 Å². The minimum atomic E-state index is -0.752. The Morgan fingerprint density at radius 2 is 1.38 bits per heavy atom. The van der Waals surface area contributed by atoms with Crippen LogP contribution < -0.4 is 5.32 Å². The molecule has 21 heavy (non-hydrogen) atoms. The molecule has 0 aliphatic rings. The lowest BCUT2D eigenvalue weighted by atomic mass is 10.1. The molecule has 4 heteroatoms. The summed E-state index contributed by atoms with van der Waals surface area (Å²) >= 11 is 0. The van der Waals surface area contributed by atoms with Gasteiger partial charge in [0.1, 0.15) is 0 Å². The van der Waals surface area contributed by atoms with E-state index in [1.165, 1.54) is 57.6 Å². The molecule has 0 aliphatic carbocycles. The van der Waals surface area contributed by atoms with E-state index in [-0.39, 0.29) is 0 Å². The van der Waals surface area contributed by atoms with Crippen molar-refractivity contribution in [2.45, 2.75) is 84.0 Å². The van der Waals surface area contributed by atoms with Crippen LogP contribution in [0.25, 0.3) is 0 Å². The van der Waals surface area contributed by atoms with Gasteiger partial charge in [0.2, 0.25) is 0 Å². The second kappa shape index (κ2) is 15.1. The number of esters is 1. The number of hydrogen-bond acceptors (Lipinski definition) is 3. The molecule has 4 nitrogen and oxygen atoms in total. The maximum atomic E-state index is 11.3. The summed E-state index contributed by atoms with van der Waals surface area (Å²) in [5.41, 5.74) is 0. The highest BCUT2D eigenvalue weighted by Crippen LogP contribution is 2.12. The number of hydrogen-bond donors (Lipinski definition) is 1. The Kier molecular flexibility index (Phi) is 14.1. The van der Waals surface area contributed by atoms with E-state index >= 15 is 0 Å². The largest absolute Gasteiger partial charge is 0.418 e. The monoisotopic (exact) mass is 297 g/mol. The highest BCUT2D eigenvalue weighted by molar-refractivity contribution is 5.84. The first-order valence-corrected chi connectivity index (χ1v) is 8.32. The molecule has 0 heterocycles. The molecule has 0 aromatic heterocycles. The highest BCUT2D eigenvalue weighted by Gasteiger charge is 2.07. The van der Waals surface area contributed by atoms with Crippen LogP contribution in [0, 0.1) is 0 Å². The van der Waals surface area contributed by atoms with E-state index in [0.717, 1.165) is 19.3 Å². The van der Waals surface area contributed by atoms with Crippen molar-refractivity contribution in [3.63, 3.8) is 0 Å². The fraction of sp³-hybridized carbons (Fsp3) is 0.765. The lowest BCUT2D eigenvalue weighted by Gasteiger charge is -2.03. The van der Waals surface area contributed by atoms with Crippen molar-refractivity contribution >= 4 is 12.1 Å². The summed E-state index contributed by atoms with van der Waals surface area (Å²) in [6, 6.07) is 0. The molecule has 0 aromatic carbocycles. The van der Waals surface area contributed by atoms with Crippen LogP contribution in [0.15, 0.2) is 12.8 Å². The number of carbonyl (C=O) groups is 2. The molecule has 1 N–H and O–H groups in total. The molecular weight excluding hydrogens is 266 g/mol. The van der Waals surface area contributed by atoms with Crippen molar-refractivity contribution in [3.8, 4) is 0 Å². The first-order chi connectivity index (χ1) is 10.2. The Hall–Kier alpha value is -1.32. The zero-order chi connectivity index (χ0) is 15.8. The van der Waals surface area contributed by atoms with Gasteiger partial charge in [0.05, 0.1) is 0 Å². The molecule has 0 aliphatic heterocycles. The highest BCUT2D eigenvalue weighted by atomic mass is 16.6. The summed E-state index contributed by atoms with van der Waals surface area (Å²) in [6.07, 6.45) is 14.3. The minimum Gasteiger partial charge on any atom is -0.376 e. The third kappa shape index (κ3) is 14.9. The molecule has 0 aromatic rings. The average molecular weight is 297 g/mol. The predicted molar refractivity (Wildman–Crippen MR) is 85.9 cm³/mol. The molecule has 0 bridgehead atoms. The second-order valence-electron chi connectivity index (χ2n) is 5.40. The number of ether oxygens (including phenoxy) is 1. The maximum absolute atomic E-state index is 11.3. The molecule has 0 unspecified atom stereocenters. The lowest BCUT2D eigenvalue weighted by Crippen LogP contribution is -2.21. The minimum absolute atomic E-state index is 0.307. The van der Waals surface area contributed by atoms with Gasteiger partial charge >= 0.3 is 12.1 Å². The predicted octanol–water partition coefficient (Wildman–Crippen LogP) is 5.08. The van der Waals surface area contributed by atoms with Crippen LogP contribution in [-0.4, -0.2) is 12.1 Å². The normalized spacial score (nSPS) is 10.1. The molecule has 0 atom stereocenters. The van der Waals surface area contributed by atoms with Gasteiger partial charge in [0, 0.05) is 6.42 Å². The molecule has 0 rings (SSSR count). The van der Waals surface area contributed by atoms with Gasteiger partial charge < -0.3 is 4.74 Å². The summed E-state index contributed by atoms with van der Waals surface area (Å²) in [7, 11) is 0. The number of unbranched alkanes of at least 4 members (excludes halogenated alkanes) is 10. The van der Waals surface area contributed by atoms with Gasteiger partial charge in [-0.25, -0.2) is 4.79 Å². The van der Waals surface area contributed by atoms with Crippen LogP contribution >= 0.6 is 0 Å². The molecule has 0 spiro atoms. The summed E-state index contributed by atoms with van der Waals surface area (Å²) in [4.78, 5) is 22.2. The second-order valence-corrected chi connectivity index (χ2v) is 5.40. The first-order valence-electron chi connectivity index (χ1n) is 8.32. The van der Waals surface area contributed by atoms with E-state index in [4.69, 9.17) is 0 Å². The number of amides is 1. The lowest BCUT2D eigenvalue weighted by molar-refractivity contribution is -0.137. The number of nitrogens with one attached hydrogen (secondary N) is 1. The van der Waals surface area contributed by atoms with E-state index in [9.17, 15) is 9.59 Å². The summed E-state index contributed by atoms with van der Waals surface area (Å²) < 4.78 is 4.52. The SMILES string of the molecule is C=CNC(=O)OC(=O)CCCCCCCCCCCCC. The van der Waals surface area contributed by atoms with Gasteiger partial charge in [0.25, 0.3) is 0 Å². The van der Waals surface area contributed by atoms with Crippen molar-refractivity contribution in [2.75, 3.05) is 0 Å². The fourth-order valence-corrected chi connectivity index (χ4v) is 2.20. The van der Waals surface area contributed by atoms with E-state index < -0.39 is 12.1 Å². The van der Waals surface area contributed by atoms with Crippen molar-refractivity contribution in [1.82, 2.24) is 5.32 Å². The molecule has 122 valence electrons. The molecule has 0 radical (unpaired) electrons. The van der Waals surface area contributed by atoms with Crippen LogP contribution in [0.1, 0.15) is 84.0 Å². The van der Waals surface area contributed by atoms with Crippen LogP contribution in [0.2, 0.25) is 0 Å². The number of alkyl carbamates (subject to hydrolysis) is 1. The van der Waals surface area contributed by atoms with E-state index in [0.29, 0.717) is 6.42 Å². The van der Waals surface area contributed by atoms with Gasteiger partial charge in [-0.2, -0.15) is 0 Å². The summed E-state index contributed by atoms with van der Waals surface area (Å²) in [5.74, 6) is -0.467. The molecule has 0 saturated heterocycles. The Morgan fingerprint density at radius 3 is 1.86 bits per heavy atom. The zero-order valence-electron chi connectivity index (χ0n) is 13.5. The molecule has 0 saturated carbocycles. The smallest absolute Gasteiger partial charge is 0.376 e. The fourth-order valence-electron chi connectivity index (χ4n) is 2.20. The zero-order valence-corrected chi connectivity index (χ0v) is 13.5.